The minimum Gasteiger partial charge on any atom is -0.464 e. The molecule has 0 heterocycles. The lowest BCUT2D eigenvalue weighted by atomic mass is 10.3. The molecule has 100 valence electrons. The first-order chi connectivity index (χ1) is 8.63. The van der Waals surface area contributed by atoms with Crippen LogP contribution in [0.1, 0.15) is 6.92 Å². The third-order valence-corrected chi connectivity index (χ3v) is 2.36. The molecule has 0 amide bonds. The summed E-state index contributed by atoms with van der Waals surface area (Å²) < 4.78 is 22.6. The molecule has 0 unspecified atom stereocenters. The lowest BCUT2D eigenvalue weighted by molar-refractivity contribution is -0.148. The number of benzene rings is 1. The standard InChI is InChI=1S/C13H18FNO3/c1-3-18-13(16)10-17-9-8-15(2)12-6-4-11(14)5-7-12/h4-7H,3,8-10H2,1-2H3. The van der Waals surface area contributed by atoms with Gasteiger partial charge in [0.2, 0.25) is 0 Å². The van der Waals surface area contributed by atoms with Crippen LogP contribution in [-0.2, 0) is 14.3 Å². The van der Waals surface area contributed by atoms with Crippen molar-refractivity contribution in [2.45, 2.75) is 6.92 Å². The van der Waals surface area contributed by atoms with Crippen LogP contribution in [0.2, 0.25) is 0 Å². The molecule has 0 atom stereocenters. The van der Waals surface area contributed by atoms with E-state index in [0.717, 1.165) is 5.69 Å². The van der Waals surface area contributed by atoms with Gasteiger partial charge in [0.15, 0.2) is 0 Å². The van der Waals surface area contributed by atoms with Crippen molar-refractivity contribution in [1.82, 2.24) is 0 Å². The van der Waals surface area contributed by atoms with Crippen LogP contribution >= 0.6 is 0 Å². The molecule has 4 nitrogen and oxygen atoms in total. The number of anilines is 1. The predicted molar refractivity (Wildman–Crippen MR) is 67.1 cm³/mol. The zero-order valence-corrected chi connectivity index (χ0v) is 10.7. The molecule has 0 bridgehead atoms. The molecule has 1 aromatic rings. The Hall–Kier alpha value is -1.62. The van der Waals surface area contributed by atoms with Gasteiger partial charge in [-0.25, -0.2) is 9.18 Å². The van der Waals surface area contributed by atoms with Gasteiger partial charge in [-0.05, 0) is 31.2 Å². The molecule has 0 radical (unpaired) electrons. The fourth-order valence-electron chi connectivity index (χ4n) is 1.38. The first-order valence-electron chi connectivity index (χ1n) is 5.83. The molecule has 0 N–H and O–H groups in total. The van der Waals surface area contributed by atoms with E-state index in [1.165, 1.54) is 12.1 Å². The fourth-order valence-corrected chi connectivity index (χ4v) is 1.38. The summed E-state index contributed by atoms with van der Waals surface area (Å²) in [4.78, 5) is 12.9. The van der Waals surface area contributed by atoms with Crippen molar-refractivity contribution in [3.63, 3.8) is 0 Å². The molecular weight excluding hydrogens is 237 g/mol. The average molecular weight is 255 g/mol. The van der Waals surface area contributed by atoms with Gasteiger partial charge in [0.1, 0.15) is 12.4 Å². The largest absolute Gasteiger partial charge is 0.464 e. The predicted octanol–water partition coefficient (Wildman–Crippen LogP) is 1.84. The number of hydrogen-bond acceptors (Lipinski definition) is 4. The minimum absolute atomic E-state index is 0.0366. The van der Waals surface area contributed by atoms with Gasteiger partial charge >= 0.3 is 5.97 Å². The van der Waals surface area contributed by atoms with Crippen LogP contribution in [-0.4, -0.2) is 39.4 Å². The van der Waals surface area contributed by atoms with E-state index in [1.807, 2.05) is 11.9 Å². The van der Waals surface area contributed by atoms with Crippen molar-refractivity contribution in [3.8, 4) is 0 Å². The topological polar surface area (TPSA) is 38.8 Å². The Bertz CT molecular complexity index is 367. The van der Waals surface area contributed by atoms with E-state index in [4.69, 9.17) is 9.47 Å². The van der Waals surface area contributed by atoms with Crippen molar-refractivity contribution in [2.75, 3.05) is 38.3 Å². The number of esters is 1. The monoisotopic (exact) mass is 255 g/mol. The maximum absolute atomic E-state index is 12.7. The second-order valence-electron chi connectivity index (χ2n) is 3.76. The Balaban J connectivity index is 2.23. The second-order valence-corrected chi connectivity index (χ2v) is 3.76. The summed E-state index contributed by atoms with van der Waals surface area (Å²) >= 11 is 0. The van der Waals surface area contributed by atoms with E-state index in [2.05, 4.69) is 0 Å². The molecule has 0 fully saturated rings. The number of likely N-dealkylation sites (N-methyl/N-ethyl adjacent to an activating group) is 1. The van der Waals surface area contributed by atoms with Crippen LogP contribution in [0.3, 0.4) is 0 Å². The Labute approximate surface area is 106 Å². The SMILES string of the molecule is CCOC(=O)COCCN(C)c1ccc(F)cc1. The summed E-state index contributed by atoms with van der Waals surface area (Å²) in [5, 5.41) is 0. The molecule has 1 rings (SSSR count). The molecule has 0 saturated carbocycles. The highest BCUT2D eigenvalue weighted by molar-refractivity contribution is 5.70. The minimum atomic E-state index is -0.359. The van der Waals surface area contributed by atoms with Crippen molar-refractivity contribution >= 4 is 11.7 Å². The molecule has 0 aliphatic heterocycles. The molecular formula is C13H18FNO3. The number of nitrogens with zero attached hydrogens (tertiary/aromatic N) is 1. The summed E-state index contributed by atoms with van der Waals surface area (Å²) in [6.07, 6.45) is 0. The van der Waals surface area contributed by atoms with Gasteiger partial charge in [-0.2, -0.15) is 0 Å². The van der Waals surface area contributed by atoms with Crippen molar-refractivity contribution in [2.24, 2.45) is 0 Å². The summed E-state index contributed by atoms with van der Waals surface area (Å²) in [6, 6.07) is 6.21. The van der Waals surface area contributed by atoms with Crippen molar-refractivity contribution in [1.29, 1.82) is 0 Å². The molecule has 0 aromatic heterocycles. The van der Waals surface area contributed by atoms with Gasteiger partial charge in [-0.15, -0.1) is 0 Å². The van der Waals surface area contributed by atoms with Gasteiger partial charge < -0.3 is 14.4 Å². The zero-order valence-electron chi connectivity index (χ0n) is 10.7. The lowest BCUT2D eigenvalue weighted by Crippen LogP contribution is -2.24. The summed E-state index contributed by atoms with van der Waals surface area (Å²) in [5.74, 6) is -0.618. The number of carbonyl (C=O) groups excluding carboxylic acids is 1. The normalized spacial score (nSPS) is 10.2. The Morgan fingerprint density at radius 1 is 1.33 bits per heavy atom. The van der Waals surface area contributed by atoms with Crippen molar-refractivity contribution in [3.05, 3.63) is 30.1 Å². The number of rotatable bonds is 7. The third-order valence-electron chi connectivity index (χ3n) is 2.36. The highest BCUT2D eigenvalue weighted by atomic mass is 19.1. The number of carbonyl (C=O) groups is 1. The first-order valence-corrected chi connectivity index (χ1v) is 5.83. The van der Waals surface area contributed by atoms with Gasteiger partial charge in [-0.1, -0.05) is 0 Å². The average Bonchev–Trinajstić information content (AvgIpc) is 2.35. The van der Waals surface area contributed by atoms with Crippen LogP contribution in [0.4, 0.5) is 10.1 Å². The van der Waals surface area contributed by atoms with Gasteiger partial charge in [-0.3, -0.25) is 0 Å². The number of ether oxygens (including phenoxy) is 2. The molecule has 5 heteroatoms. The molecule has 1 aromatic carbocycles. The maximum Gasteiger partial charge on any atom is 0.332 e. The van der Waals surface area contributed by atoms with Gasteiger partial charge in [0, 0.05) is 19.3 Å². The molecule has 18 heavy (non-hydrogen) atoms. The number of halogens is 1. The Morgan fingerprint density at radius 3 is 2.61 bits per heavy atom. The highest BCUT2D eigenvalue weighted by Gasteiger charge is 2.03. The molecule has 0 aliphatic carbocycles. The van der Waals surface area contributed by atoms with E-state index in [0.29, 0.717) is 19.8 Å². The van der Waals surface area contributed by atoms with Gasteiger partial charge in [0.25, 0.3) is 0 Å². The van der Waals surface area contributed by atoms with Crippen LogP contribution in [0.25, 0.3) is 0 Å². The summed E-state index contributed by atoms with van der Waals surface area (Å²) in [6.45, 7) is 3.10. The van der Waals surface area contributed by atoms with E-state index >= 15 is 0 Å². The summed E-state index contributed by atoms with van der Waals surface area (Å²) in [7, 11) is 1.88. The van der Waals surface area contributed by atoms with Crippen LogP contribution in [0.5, 0.6) is 0 Å². The van der Waals surface area contributed by atoms with Crippen molar-refractivity contribution < 1.29 is 18.7 Å². The van der Waals surface area contributed by atoms with E-state index < -0.39 is 0 Å². The molecule has 0 spiro atoms. The van der Waals surface area contributed by atoms with E-state index in [1.54, 1.807) is 19.1 Å². The van der Waals surface area contributed by atoms with E-state index in [-0.39, 0.29) is 18.4 Å². The van der Waals surface area contributed by atoms with Crippen LogP contribution in [0.15, 0.2) is 24.3 Å². The highest BCUT2D eigenvalue weighted by Crippen LogP contribution is 2.12. The second kappa shape index (κ2) is 7.66. The smallest absolute Gasteiger partial charge is 0.332 e. The first kappa shape index (κ1) is 14.4. The van der Waals surface area contributed by atoms with Crippen LogP contribution < -0.4 is 4.90 Å². The number of hydrogen-bond donors (Lipinski definition) is 0. The zero-order chi connectivity index (χ0) is 13.4. The summed E-state index contributed by atoms with van der Waals surface area (Å²) in [5.41, 5.74) is 0.899. The maximum atomic E-state index is 12.7. The third kappa shape index (κ3) is 5.14. The molecule has 0 saturated heterocycles. The quantitative estimate of drug-likeness (QED) is 0.550. The Morgan fingerprint density at radius 2 is 2.00 bits per heavy atom. The van der Waals surface area contributed by atoms with Gasteiger partial charge in [0.05, 0.1) is 13.2 Å². The lowest BCUT2D eigenvalue weighted by Gasteiger charge is -2.18. The Kier molecular flexibility index (Phi) is 6.14. The van der Waals surface area contributed by atoms with Crippen LogP contribution in [0, 0.1) is 5.82 Å². The fraction of sp³-hybridized carbons (Fsp3) is 0.462. The van der Waals surface area contributed by atoms with E-state index in [9.17, 15) is 9.18 Å². The molecule has 0 aliphatic rings.